The first-order chi connectivity index (χ1) is 24.8. The molecule has 50 heavy (non-hydrogen) atoms. The molecule has 0 N–H and O–H groups in total. The van der Waals surface area contributed by atoms with Crippen LogP contribution in [-0.4, -0.2) is 24.1 Å². The monoisotopic (exact) mass is 637 g/mol. The fraction of sp³-hybridized carbons (Fsp3) is 0. The van der Waals surface area contributed by atoms with Gasteiger partial charge in [-0.2, -0.15) is 0 Å². The van der Waals surface area contributed by atoms with Crippen molar-refractivity contribution in [2.45, 2.75) is 0 Å². The van der Waals surface area contributed by atoms with E-state index in [1.54, 1.807) is 0 Å². The van der Waals surface area contributed by atoms with Gasteiger partial charge in [0, 0.05) is 39.0 Å². The summed E-state index contributed by atoms with van der Waals surface area (Å²) in [6.07, 6.45) is 3.76. The van der Waals surface area contributed by atoms with Crippen LogP contribution in [-0.2, 0) is 0 Å². The standard InChI is InChI=1S/C45H27N5/c1-2-11-30-24-38-37(23-29(30)10-1)47-27-39(48-38)31-16-19-36-42(25-31)49(41-21-17-28-9-3-4-12-33(28)45(36)41)32-18-20-35-34-13-5-6-14-40(34)50(43(35)26-32)44-15-7-8-22-46-44/h1-27H. The average Bonchev–Trinajstić information content (AvgIpc) is 3.69. The van der Waals surface area contributed by atoms with Gasteiger partial charge in [0.05, 0.1) is 45.0 Å². The Bertz CT molecular complexity index is 3150. The zero-order chi connectivity index (χ0) is 32.8. The molecule has 0 aliphatic rings. The molecule has 0 spiro atoms. The van der Waals surface area contributed by atoms with Gasteiger partial charge in [-0.3, -0.25) is 9.55 Å². The van der Waals surface area contributed by atoms with E-state index >= 15 is 0 Å². The van der Waals surface area contributed by atoms with E-state index in [2.05, 4.69) is 149 Å². The highest BCUT2D eigenvalue weighted by atomic mass is 15.1. The lowest BCUT2D eigenvalue weighted by atomic mass is 10.0. The van der Waals surface area contributed by atoms with Gasteiger partial charge in [-0.15, -0.1) is 0 Å². The number of para-hydroxylation sites is 1. The van der Waals surface area contributed by atoms with Gasteiger partial charge < -0.3 is 4.57 Å². The van der Waals surface area contributed by atoms with E-state index in [1.165, 1.54) is 37.7 Å². The minimum atomic E-state index is 0.849. The quantitative estimate of drug-likeness (QED) is 0.181. The molecule has 0 unspecified atom stereocenters. The SMILES string of the molecule is c1ccc(-n2c3ccccc3c3ccc(-n4c5cc(-c6cnc7cc8ccccc8cc7n6)ccc5c5c6ccccc6ccc54)cc32)nc1. The van der Waals surface area contributed by atoms with Gasteiger partial charge in [0.25, 0.3) is 0 Å². The van der Waals surface area contributed by atoms with Crippen molar-refractivity contribution in [3.8, 4) is 22.8 Å². The minimum Gasteiger partial charge on any atom is -0.309 e. The van der Waals surface area contributed by atoms with Crippen molar-refractivity contribution in [2.75, 3.05) is 0 Å². The number of hydrogen-bond acceptors (Lipinski definition) is 3. The molecule has 0 amide bonds. The van der Waals surface area contributed by atoms with E-state index in [0.717, 1.165) is 61.2 Å². The van der Waals surface area contributed by atoms with Crippen molar-refractivity contribution in [2.24, 2.45) is 0 Å². The van der Waals surface area contributed by atoms with E-state index in [1.807, 2.05) is 24.5 Å². The fourth-order valence-corrected chi connectivity index (χ4v) is 7.89. The summed E-state index contributed by atoms with van der Waals surface area (Å²) in [5.41, 5.74) is 9.27. The molecular formula is C45H27N5. The van der Waals surface area contributed by atoms with Crippen molar-refractivity contribution in [1.29, 1.82) is 0 Å². The summed E-state index contributed by atoms with van der Waals surface area (Å²) >= 11 is 0. The highest BCUT2D eigenvalue weighted by Crippen LogP contribution is 2.40. The van der Waals surface area contributed by atoms with Crippen LogP contribution in [0.25, 0.3) is 99.0 Å². The van der Waals surface area contributed by atoms with Crippen LogP contribution in [0, 0.1) is 0 Å². The van der Waals surface area contributed by atoms with Crippen LogP contribution >= 0.6 is 0 Å². The molecule has 232 valence electrons. The van der Waals surface area contributed by atoms with Crippen LogP contribution in [0.15, 0.2) is 164 Å². The normalized spacial score (nSPS) is 12.0. The smallest absolute Gasteiger partial charge is 0.137 e. The molecule has 0 saturated heterocycles. The fourth-order valence-electron chi connectivity index (χ4n) is 7.89. The number of nitrogens with zero attached hydrogens (tertiary/aromatic N) is 5. The topological polar surface area (TPSA) is 48.5 Å². The molecule has 0 bridgehead atoms. The molecule has 5 nitrogen and oxygen atoms in total. The molecule has 4 aromatic heterocycles. The molecular weight excluding hydrogens is 611 g/mol. The molecule has 11 rings (SSSR count). The lowest BCUT2D eigenvalue weighted by Crippen LogP contribution is -1.98. The summed E-state index contributed by atoms with van der Waals surface area (Å²) < 4.78 is 4.68. The zero-order valence-electron chi connectivity index (χ0n) is 26.8. The van der Waals surface area contributed by atoms with Crippen molar-refractivity contribution in [3.63, 3.8) is 0 Å². The summed E-state index contributed by atoms with van der Waals surface area (Å²) in [5, 5.41) is 9.63. The molecule has 5 heteroatoms. The molecule has 0 atom stereocenters. The second-order valence-electron chi connectivity index (χ2n) is 12.9. The van der Waals surface area contributed by atoms with Crippen LogP contribution < -0.4 is 0 Å². The van der Waals surface area contributed by atoms with Crippen molar-refractivity contribution >= 4 is 76.2 Å². The first-order valence-electron chi connectivity index (χ1n) is 16.9. The van der Waals surface area contributed by atoms with E-state index in [9.17, 15) is 0 Å². The van der Waals surface area contributed by atoms with Gasteiger partial charge in [-0.1, -0.05) is 97.1 Å². The van der Waals surface area contributed by atoms with Gasteiger partial charge in [0.2, 0.25) is 0 Å². The highest BCUT2D eigenvalue weighted by Gasteiger charge is 2.19. The first kappa shape index (κ1) is 27.1. The van der Waals surface area contributed by atoms with Crippen LogP contribution in [0.5, 0.6) is 0 Å². The Hall–Kier alpha value is -6.85. The molecule has 0 saturated carbocycles. The third kappa shape index (κ3) is 3.92. The molecule has 4 heterocycles. The number of fused-ring (bicyclic) bond motifs is 10. The van der Waals surface area contributed by atoms with E-state index < -0.39 is 0 Å². The number of benzene rings is 7. The molecule has 0 radical (unpaired) electrons. The lowest BCUT2D eigenvalue weighted by molar-refractivity contribution is 1.08. The van der Waals surface area contributed by atoms with Crippen molar-refractivity contribution in [1.82, 2.24) is 24.1 Å². The maximum atomic E-state index is 5.14. The number of pyridine rings is 1. The van der Waals surface area contributed by atoms with Gasteiger partial charge in [-0.25, -0.2) is 9.97 Å². The Morgan fingerprint density at radius 1 is 0.420 bits per heavy atom. The summed E-state index contributed by atoms with van der Waals surface area (Å²) in [7, 11) is 0. The minimum absolute atomic E-state index is 0.849. The van der Waals surface area contributed by atoms with E-state index in [-0.39, 0.29) is 0 Å². The number of aromatic nitrogens is 5. The van der Waals surface area contributed by atoms with Crippen molar-refractivity contribution < 1.29 is 0 Å². The lowest BCUT2D eigenvalue weighted by Gasteiger charge is -2.11. The van der Waals surface area contributed by atoms with Crippen LogP contribution in [0.1, 0.15) is 0 Å². The van der Waals surface area contributed by atoms with Crippen LogP contribution in [0.4, 0.5) is 0 Å². The van der Waals surface area contributed by atoms with Gasteiger partial charge in [-0.05, 0) is 76.1 Å². The summed E-state index contributed by atoms with van der Waals surface area (Å²) in [6.45, 7) is 0. The Labute approximate surface area is 286 Å². The molecule has 7 aromatic carbocycles. The third-order valence-electron chi connectivity index (χ3n) is 10.2. The Morgan fingerprint density at radius 2 is 1.14 bits per heavy atom. The predicted molar refractivity (Wildman–Crippen MR) is 206 cm³/mol. The predicted octanol–water partition coefficient (Wildman–Crippen LogP) is 11.2. The van der Waals surface area contributed by atoms with Crippen LogP contribution in [0.3, 0.4) is 0 Å². The summed E-state index contributed by atoms with van der Waals surface area (Å²) in [5.74, 6) is 0.897. The maximum Gasteiger partial charge on any atom is 0.137 e. The van der Waals surface area contributed by atoms with Crippen molar-refractivity contribution in [3.05, 3.63) is 164 Å². The molecule has 0 aliphatic carbocycles. The van der Waals surface area contributed by atoms with Gasteiger partial charge >= 0.3 is 0 Å². The average molecular weight is 638 g/mol. The Balaban J connectivity index is 1.20. The van der Waals surface area contributed by atoms with E-state index in [4.69, 9.17) is 15.0 Å². The molecule has 0 aliphatic heterocycles. The maximum absolute atomic E-state index is 5.14. The second kappa shape index (κ2) is 10.3. The largest absolute Gasteiger partial charge is 0.309 e. The second-order valence-corrected chi connectivity index (χ2v) is 12.9. The summed E-state index contributed by atoms with van der Waals surface area (Å²) in [6, 6.07) is 54.0. The zero-order valence-corrected chi connectivity index (χ0v) is 26.8. The van der Waals surface area contributed by atoms with Gasteiger partial charge in [0.1, 0.15) is 5.82 Å². The molecule has 0 fully saturated rings. The first-order valence-corrected chi connectivity index (χ1v) is 16.9. The number of rotatable bonds is 3. The summed E-state index contributed by atoms with van der Waals surface area (Å²) in [4.78, 5) is 14.8. The Morgan fingerprint density at radius 3 is 2.00 bits per heavy atom. The Kier molecular flexibility index (Phi) is 5.60. The third-order valence-corrected chi connectivity index (χ3v) is 10.2. The van der Waals surface area contributed by atoms with Crippen LogP contribution in [0.2, 0.25) is 0 Å². The van der Waals surface area contributed by atoms with Gasteiger partial charge in [0.15, 0.2) is 0 Å². The van der Waals surface area contributed by atoms with E-state index in [0.29, 0.717) is 0 Å². The highest BCUT2D eigenvalue weighted by molar-refractivity contribution is 6.22. The molecule has 11 aromatic rings. The number of hydrogen-bond donors (Lipinski definition) is 0.